The van der Waals surface area contributed by atoms with E-state index in [-0.39, 0.29) is 5.60 Å². The molecule has 1 unspecified atom stereocenters. The Balaban J connectivity index is 2.43. The first-order valence-corrected chi connectivity index (χ1v) is 4.45. The Hall–Kier alpha value is -1.15. The molecule has 0 amide bonds. The van der Waals surface area contributed by atoms with Crippen LogP contribution >= 0.6 is 0 Å². The second-order valence-electron chi connectivity index (χ2n) is 3.53. The van der Waals surface area contributed by atoms with Gasteiger partial charge >= 0.3 is 0 Å². The highest BCUT2D eigenvalue weighted by Crippen LogP contribution is 2.37. The minimum absolute atomic E-state index is 0.225. The highest BCUT2D eigenvalue weighted by molar-refractivity contribution is 5.77. The molecule has 0 spiro atoms. The Labute approximate surface area is 77.5 Å². The maximum absolute atomic E-state index is 10.8. The van der Waals surface area contributed by atoms with Crippen LogP contribution in [0, 0.1) is 0 Å². The van der Waals surface area contributed by atoms with Crippen LogP contribution in [-0.4, -0.2) is 12.9 Å². The first-order valence-electron chi connectivity index (χ1n) is 4.45. The zero-order chi connectivity index (χ0) is 9.31. The van der Waals surface area contributed by atoms with E-state index in [1.165, 1.54) is 0 Å². The number of hydrogen-bond donors (Lipinski definition) is 0. The number of hydrogen-bond acceptors (Lipinski definition) is 2. The predicted molar refractivity (Wildman–Crippen MR) is 49.8 cm³/mol. The van der Waals surface area contributed by atoms with Crippen molar-refractivity contribution in [2.75, 3.05) is 6.61 Å². The normalized spacial score (nSPS) is 26.5. The smallest absolute Gasteiger partial charge is 0.150 e. The van der Waals surface area contributed by atoms with Crippen molar-refractivity contribution in [3.05, 3.63) is 35.4 Å². The van der Waals surface area contributed by atoms with Gasteiger partial charge in [-0.25, -0.2) is 0 Å². The molecule has 1 aromatic rings. The van der Waals surface area contributed by atoms with Gasteiger partial charge in [-0.1, -0.05) is 24.3 Å². The van der Waals surface area contributed by atoms with Crippen LogP contribution in [0.3, 0.4) is 0 Å². The van der Waals surface area contributed by atoms with Crippen molar-refractivity contribution in [1.29, 1.82) is 0 Å². The van der Waals surface area contributed by atoms with Gasteiger partial charge in [0, 0.05) is 12.0 Å². The van der Waals surface area contributed by atoms with Crippen molar-refractivity contribution in [1.82, 2.24) is 0 Å². The van der Waals surface area contributed by atoms with E-state index in [9.17, 15) is 4.79 Å². The number of aldehydes is 1. The van der Waals surface area contributed by atoms with Gasteiger partial charge in [-0.15, -0.1) is 0 Å². The highest BCUT2D eigenvalue weighted by atomic mass is 16.5. The number of carbonyl (C=O) groups is 1. The zero-order valence-electron chi connectivity index (χ0n) is 7.62. The molecular formula is C11H12O2. The Morgan fingerprint density at radius 3 is 2.69 bits per heavy atom. The molecule has 1 aliphatic rings. The fraction of sp³-hybridized carbons (Fsp3) is 0.364. The number of ether oxygens (including phenoxy) is 1. The molecule has 2 rings (SSSR count). The molecule has 0 N–H and O–H groups in total. The van der Waals surface area contributed by atoms with E-state index in [2.05, 4.69) is 0 Å². The Kier molecular flexibility index (Phi) is 1.93. The van der Waals surface area contributed by atoms with Gasteiger partial charge in [0.15, 0.2) is 0 Å². The Morgan fingerprint density at radius 1 is 1.46 bits per heavy atom. The minimum Gasteiger partial charge on any atom is -0.370 e. The van der Waals surface area contributed by atoms with Crippen LogP contribution in [0.15, 0.2) is 24.3 Å². The van der Waals surface area contributed by atoms with Crippen molar-refractivity contribution in [3.63, 3.8) is 0 Å². The molecule has 2 nitrogen and oxygen atoms in total. The molecule has 0 bridgehead atoms. The summed E-state index contributed by atoms with van der Waals surface area (Å²) < 4.78 is 5.49. The Bertz CT molecular complexity index is 327. The van der Waals surface area contributed by atoms with Crippen LogP contribution in [0.2, 0.25) is 0 Å². The summed E-state index contributed by atoms with van der Waals surface area (Å²) in [4.78, 5) is 10.8. The van der Waals surface area contributed by atoms with Gasteiger partial charge in [-0.2, -0.15) is 0 Å². The molecule has 0 aliphatic carbocycles. The topological polar surface area (TPSA) is 26.3 Å². The standard InChI is InChI=1S/C11H12O2/c1-11(6-7-13-11)10-5-3-2-4-9(10)8-12/h2-5,8H,6-7H2,1H3. The lowest BCUT2D eigenvalue weighted by Crippen LogP contribution is -2.38. The summed E-state index contributed by atoms with van der Waals surface area (Å²) in [5.41, 5.74) is 1.53. The second-order valence-corrected chi connectivity index (χ2v) is 3.53. The van der Waals surface area contributed by atoms with Gasteiger partial charge in [0.2, 0.25) is 0 Å². The van der Waals surface area contributed by atoms with Gasteiger partial charge in [-0.05, 0) is 12.5 Å². The molecule has 1 fully saturated rings. The average molecular weight is 176 g/mol. The minimum atomic E-state index is -0.225. The summed E-state index contributed by atoms with van der Waals surface area (Å²) in [5.74, 6) is 0. The summed E-state index contributed by atoms with van der Waals surface area (Å²) in [6, 6.07) is 7.60. The molecule has 13 heavy (non-hydrogen) atoms. The lowest BCUT2D eigenvalue weighted by Gasteiger charge is -2.39. The first-order chi connectivity index (χ1) is 6.26. The summed E-state index contributed by atoms with van der Waals surface area (Å²) >= 11 is 0. The molecule has 0 radical (unpaired) electrons. The third-order valence-corrected chi connectivity index (χ3v) is 2.66. The summed E-state index contributed by atoms with van der Waals surface area (Å²) in [7, 11) is 0. The monoisotopic (exact) mass is 176 g/mol. The van der Waals surface area contributed by atoms with E-state index >= 15 is 0 Å². The highest BCUT2D eigenvalue weighted by Gasteiger charge is 2.36. The van der Waals surface area contributed by atoms with E-state index < -0.39 is 0 Å². The van der Waals surface area contributed by atoms with Crippen molar-refractivity contribution < 1.29 is 9.53 Å². The largest absolute Gasteiger partial charge is 0.370 e. The molecule has 1 heterocycles. The summed E-state index contributed by atoms with van der Waals surface area (Å²) in [5, 5.41) is 0. The second kappa shape index (κ2) is 2.96. The van der Waals surface area contributed by atoms with E-state index in [1.807, 2.05) is 31.2 Å². The van der Waals surface area contributed by atoms with Crippen LogP contribution in [0.25, 0.3) is 0 Å². The number of benzene rings is 1. The maximum atomic E-state index is 10.8. The third-order valence-electron chi connectivity index (χ3n) is 2.66. The van der Waals surface area contributed by atoms with Crippen molar-refractivity contribution >= 4 is 6.29 Å². The SMILES string of the molecule is CC1(c2ccccc2C=O)CCO1. The van der Waals surface area contributed by atoms with Crippen LogP contribution in [0.4, 0.5) is 0 Å². The van der Waals surface area contributed by atoms with Crippen molar-refractivity contribution in [2.45, 2.75) is 18.9 Å². The zero-order valence-corrected chi connectivity index (χ0v) is 7.62. The lowest BCUT2D eigenvalue weighted by molar-refractivity contribution is -0.140. The van der Waals surface area contributed by atoms with Gasteiger partial charge in [0.1, 0.15) is 6.29 Å². The van der Waals surface area contributed by atoms with Crippen LogP contribution in [0.5, 0.6) is 0 Å². The van der Waals surface area contributed by atoms with Gasteiger partial charge < -0.3 is 4.74 Å². The quantitative estimate of drug-likeness (QED) is 0.645. The fourth-order valence-electron chi connectivity index (χ4n) is 1.70. The van der Waals surface area contributed by atoms with E-state index in [1.54, 1.807) is 0 Å². The molecule has 2 heteroatoms. The molecule has 1 atom stereocenters. The van der Waals surface area contributed by atoms with E-state index in [0.29, 0.717) is 0 Å². The summed E-state index contributed by atoms with van der Waals surface area (Å²) in [6.45, 7) is 2.82. The van der Waals surface area contributed by atoms with Gasteiger partial charge in [0.25, 0.3) is 0 Å². The van der Waals surface area contributed by atoms with Gasteiger partial charge in [-0.3, -0.25) is 4.79 Å². The fourth-order valence-corrected chi connectivity index (χ4v) is 1.70. The first kappa shape index (κ1) is 8.45. The molecule has 1 saturated heterocycles. The predicted octanol–water partition coefficient (Wildman–Crippen LogP) is 2.13. The maximum Gasteiger partial charge on any atom is 0.150 e. The molecule has 1 aromatic carbocycles. The van der Waals surface area contributed by atoms with E-state index in [4.69, 9.17) is 4.74 Å². The molecule has 1 aliphatic heterocycles. The lowest BCUT2D eigenvalue weighted by atomic mass is 9.86. The molecule has 68 valence electrons. The Morgan fingerprint density at radius 2 is 2.15 bits per heavy atom. The van der Waals surface area contributed by atoms with Crippen LogP contribution in [0.1, 0.15) is 29.3 Å². The van der Waals surface area contributed by atoms with Crippen LogP contribution < -0.4 is 0 Å². The van der Waals surface area contributed by atoms with E-state index in [0.717, 1.165) is 30.4 Å². The van der Waals surface area contributed by atoms with Crippen molar-refractivity contribution in [2.24, 2.45) is 0 Å². The number of carbonyl (C=O) groups excluding carboxylic acids is 1. The molecule has 0 saturated carbocycles. The van der Waals surface area contributed by atoms with Gasteiger partial charge in [0.05, 0.1) is 12.2 Å². The number of rotatable bonds is 2. The van der Waals surface area contributed by atoms with Crippen LogP contribution in [-0.2, 0) is 10.3 Å². The molecule has 0 aromatic heterocycles. The molecular weight excluding hydrogens is 164 g/mol. The third kappa shape index (κ3) is 1.27. The summed E-state index contributed by atoms with van der Waals surface area (Å²) in [6.07, 6.45) is 1.89. The average Bonchev–Trinajstić information content (AvgIpc) is 2.14. The van der Waals surface area contributed by atoms with Crippen molar-refractivity contribution in [3.8, 4) is 0 Å².